The molecule has 2 amide bonds. The van der Waals surface area contributed by atoms with Gasteiger partial charge in [0.15, 0.2) is 0 Å². The van der Waals surface area contributed by atoms with Crippen LogP contribution in [0.5, 0.6) is 5.75 Å². The molecule has 2 aliphatic rings. The van der Waals surface area contributed by atoms with Gasteiger partial charge in [-0.3, -0.25) is 0 Å². The summed E-state index contributed by atoms with van der Waals surface area (Å²) in [7, 11) is 0. The predicted octanol–water partition coefficient (Wildman–Crippen LogP) is 6.70. The van der Waals surface area contributed by atoms with E-state index in [1.54, 1.807) is 12.1 Å². The Morgan fingerprint density at radius 3 is 2.54 bits per heavy atom. The second kappa shape index (κ2) is 10.4. The van der Waals surface area contributed by atoms with Crippen LogP contribution in [0.1, 0.15) is 49.4 Å². The monoisotopic (exact) mass is 524 g/mol. The molecule has 39 heavy (non-hydrogen) atoms. The van der Waals surface area contributed by atoms with Crippen molar-refractivity contribution in [3.8, 4) is 23.1 Å². The molecule has 2 heterocycles. The zero-order chi connectivity index (χ0) is 26.9. The van der Waals surface area contributed by atoms with Crippen LogP contribution in [0.3, 0.4) is 0 Å². The fourth-order valence-electron chi connectivity index (χ4n) is 5.18. The van der Waals surface area contributed by atoms with E-state index < -0.39 is 0 Å². The lowest BCUT2D eigenvalue weighted by Crippen LogP contribution is -2.31. The lowest BCUT2D eigenvalue weighted by Gasteiger charge is -2.16. The highest BCUT2D eigenvalue weighted by Crippen LogP contribution is 2.45. The van der Waals surface area contributed by atoms with Crippen molar-refractivity contribution >= 4 is 22.6 Å². The van der Waals surface area contributed by atoms with E-state index in [1.165, 1.54) is 12.1 Å². The first kappa shape index (κ1) is 25.0. The van der Waals surface area contributed by atoms with Crippen LogP contribution < -0.4 is 15.4 Å². The summed E-state index contributed by atoms with van der Waals surface area (Å²) in [6, 6.07) is 21.7. The maximum Gasteiger partial charge on any atom is 0.319 e. The number of nitrogens with one attached hydrogen (secondary N) is 2. The Bertz CT molecular complexity index is 1550. The Hall–Kier alpha value is -4.35. The van der Waals surface area contributed by atoms with Crippen LogP contribution in [-0.2, 0) is 4.74 Å². The minimum atomic E-state index is -0.357. The number of ether oxygens (including phenoxy) is 2. The van der Waals surface area contributed by atoms with Crippen LogP contribution in [0.25, 0.3) is 22.2 Å². The topological polar surface area (TPSA) is 88.3 Å². The molecule has 1 aliphatic heterocycles. The molecule has 2 atom stereocenters. The molecule has 1 saturated heterocycles. The van der Waals surface area contributed by atoms with Crippen LogP contribution in [0.15, 0.2) is 66.7 Å². The summed E-state index contributed by atoms with van der Waals surface area (Å²) in [6.07, 6.45) is 3.06. The highest BCUT2D eigenvalue weighted by molar-refractivity contribution is 5.96. The van der Waals surface area contributed by atoms with E-state index >= 15 is 0 Å². The second-order valence-corrected chi connectivity index (χ2v) is 10.2. The lowest BCUT2D eigenvalue weighted by atomic mass is 10.1. The van der Waals surface area contributed by atoms with Gasteiger partial charge in [-0.2, -0.15) is 5.26 Å². The highest BCUT2D eigenvalue weighted by Gasteiger charge is 2.31. The third kappa shape index (κ3) is 5.18. The summed E-state index contributed by atoms with van der Waals surface area (Å²) in [4.78, 5) is 12.6. The molecule has 3 aromatic carbocycles. The van der Waals surface area contributed by atoms with Gasteiger partial charge in [0.05, 0.1) is 36.0 Å². The van der Waals surface area contributed by atoms with E-state index in [-0.39, 0.29) is 24.0 Å². The third-order valence-electron chi connectivity index (χ3n) is 7.32. The molecule has 1 aromatic heterocycles. The summed E-state index contributed by atoms with van der Waals surface area (Å²) < 4.78 is 27.1. The number of nitriles is 1. The van der Waals surface area contributed by atoms with Crippen LogP contribution in [0.2, 0.25) is 0 Å². The van der Waals surface area contributed by atoms with E-state index in [0.717, 1.165) is 52.7 Å². The van der Waals surface area contributed by atoms with E-state index in [0.29, 0.717) is 30.5 Å². The largest absolute Gasteiger partial charge is 0.488 e. The molecule has 6 rings (SSSR count). The number of nitrogens with zero attached hydrogens (tertiary/aromatic N) is 2. The lowest BCUT2D eigenvalue weighted by molar-refractivity contribution is 0.141. The summed E-state index contributed by atoms with van der Waals surface area (Å²) in [5.41, 5.74) is 4.87. The van der Waals surface area contributed by atoms with Crippen LogP contribution in [0.4, 0.5) is 14.9 Å². The molecule has 198 valence electrons. The van der Waals surface area contributed by atoms with Crippen LogP contribution in [-0.4, -0.2) is 29.9 Å². The Morgan fingerprint density at radius 2 is 1.87 bits per heavy atom. The fourth-order valence-corrected chi connectivity index (χ4v) is 5.18. The number of carbonyl (C=O) groups is 1. The minimum absolute atomic E-state index is 0.0533. The number of carbonyl (C=O) groups excluding carboxylic acids is 1. The quantitative estimate of drug-likeness (QED) is 0.281. The average molecular weight is 525 g/mol. The number of amides is 2. The normalized spacial score (nSPS) is 17.5. The van der Waals surface area contributed by atoms with Gasteiger partial charge in [0.1, 0.15) is 23.7 Å². The first-order chi connectivity index (χ1) is 19.0. The third-order valence-corrected chi connectivity index (χ3v) is 7.32. The van der Waals surface area contributed by atoms with Gasteiger partial charge >= 0.3 is 6.03 Å². The van der Waals surface area contributed by atoms with Crippen molar-refractivity contribution < 1.29 is 18.7 Å². The molecule has 2 fully saturated rings. The highest BCUT2D eigenvalue weighted by atomic mass is 19.1. The van der Waals surface area contributed by atoms with Gasteiger partial charge in [-0.1, -0.05) is 24.3 Å². The van der Waals surface area contributed by atoms with Gasteiger partial charge in [0, 0.05) is 29.6 Å². The van der Waals surface area contributed by atoms with Gasteiger partial charge in [-0.05, 0) is 67.3 Å². The van der Waals surface area contributed by atoms with Crippen molar-refractivity contribution in [2.75, 3.05) is 18.5 Å². The fraction of sp³-hybridized carbons (Fsp3) is 0.290. The Labute approximate surface area is 226 Å². The zero-order valence-corrected chi connectivity index (χ0v) is 21.6. The van der Waals surface area contributed by atoms with Crippen molar-refractivity contribution in [2.24, 2.45) is 0 Å². The number of benzene rings is 3. The average Bonchev–Trinajstić information content (AvgIpc) is 3.54. The summed E-state index contributed by atoms with van der Waals surface area (Å²) in [5, 5.41) is 16.8. The smallest absolute Gasteiger partial charge is 0.319 e. The second-order valence-electron chi connectivity index (χ2n) is 10.2. The molecule has 4 aromatic rings. The molecule has 7 nitrogen and oxygen atoms in total. The predicted molar refractivity (Wildman–Crippen MR) is 147 cm³/mol. The SMILES string of the molecule is CC(NC(=O)Nc1ccc(-c2c(C#N)c3ccc(OC4CCOC4)cc3n2C2CC2)cc1)c1ccc(F)cc1. The van der Waals surface area contributed by atoms with Gasteiger partial charge in [0.25, 0.3) is 0 Å². The zero-order valence-electron chi connectivity index (χ0n) is 21.6. The summed E-state index contributed by atoms with van der Waals surface area (Å²) in [5.74, 6) is 0.470. The van der Waals surface area contributed by atoms with Gasteiger partial charge in [0.2, 0.25) is 0 Å². The maximum atomic E-state index is 13.2. The van der Waals surface area contributed by atoms with E-state index in [1.807, 2.05) is 49.4 Å². The molecular weight excluding hydrogens is 495 g/mol. The van der Waals surface area contributed by atoms with E-state index in [2.05, 4.69) is 21.3 Å². The number of urea groups is 1. The van der Waals surface area contributed by atoms with Gasteiger partial charge in [-0.15, -0.1) is 0 Å². The van der Waals surface area contributed by atoms with E-state index in [9.17, 15) is 14.4 Å². The van der Waals surface area contributed by atoms with E-state index in [4.69, 9.17) is 9.47 Å². The minimum Gasteiger partial charge on any atom is -0.488 e. The van der Waals surface area contributed by atoms with Crippen LogP contribution in [0, 0.1) is 17.1 Å². The number of hydrogen-bond acceptors (Lipinski definition) is 4. The Kier molecular flexibility index (Phi) is 6.67. The summed E-state index contributed by atoms with van der Waals surface area (Å²) in [6.45, 7) is 3.15. The molecule has 0 radical (unpaired) electrons. The summed E-state index contributed by atoms with van der Waals surface area (Å²) >= 11 is 0. The molecule has 2 N–H and O–H groups in total. The maximum absolute atomic E-state index is 13.2. The molecule has 1 saturated carbocycles. The van der Waals surface area contributed by atoms with Crippen molar-refractivity contribution in [2.45, 2.75) is 44.4 Å². The van der Waals surface area contributed by atoms with Crippen LogP contribution >= 0.6 is 0 Å². The first-order valence-electron chi connectivity index (χ1n) is 13.3. The number of halogens is 1. The molecular formula is C31H29FN4O3. The number of hydrogen-bond donors (Lipinski definition) is 2. The molecule has 2 unspecified atom stereocenters. The van der Waals surface area contributed by atoms with Crippen molar-refractivity contribution in [3.05, 3.63) is 83.7 Å². The molecule has 8 heteroatoms. The Balaban J connectivity index is 1.24. The van der Waals surface area contributed by atoms with Gasteiger partial charge < -0.3 is 24.7 Å². The Morgan fingerprint density at radius 1 is 1.10 bits per heavy atom. The molecule has 0 bridgehead atoms. The standard InChI is InChI=1S/C31H29FN4O3/c1-19(20-2-6-22(32)7-3-20)34-31(37)35-23-8-4-21(5-9-23)30-28(17-33)27-13-12-25(39-26-14-15-38-18-26)16-29(27)36(30)24-10-11-24/h2-9,12-13,16,19,24,26H,10-11,14-15,18H2,1H3,(H2,34,35,37). The van der Waals surface area contributed by atoms with Crippen molar-refractivity contribution in [3.63, 3.8) is 0 Å². The number of aromatic nitrogens is 1. The molecule has 0 spiro atoms. The van der Waals surface area contributed by atoms with Crippen molar-refractivity contribution in [1.82, 2.24) is 9.88 Å². The first-order valence-corrected chi connectivity index (χ1v) is 13.3. The van der Waals surface area contributed by atoms with Crippen molar-refractivity contribution in [1.29, 1.82) is 5.26 Å². The number of fused-ring (bicyclic) bond motifs is 1. The molecule has 1 aliphatic carbocycles. The number of rotatable bonds is 7. The number of anilines is 1. The van der Waals surface area contributed by atoms with Gasteiger partial charge in [-0.25, -0.2) is 9.18 Å².